The third kappa shape index (κ3) is 2.19. The molecule has 0 spiro atoms. The average Bonchev–Trinajstić information content (AvgIpc) is 2.31. The van der Waals surface area contributed by atoms with Gasteiger partial charge in [-0.2, -0.15) is 0 Å². The first-order valence-corrected chi connectivity index (χ1v) is 4.51. The van der Waals surface area contributed by atoms with Crippen molar-refractivity contribution in [1.29, 1.82) is 0 Å². The normalized spacial score (nSPS) is 34.9. The summed E-state index contributed by atoms with van der Waals surface area (Å²) in [5.41, 5.74) is 0. The summed E-state index contributed by atoms with van der Waals surface area (Å²) >= 11 is 16.6. The molecule has 0 bridgehead atoms. The van der Waals surface area contributed by atoms with Gasteiger partial charge in [-0.25, -0.2) is 4.79 Å². The molecular formula is C6H7Cl3O4. The standard InChI is InChI=1S/C6H7Cl3O4/c1-5(6(7,8)9)12-2-3(13-5)4(10)11/h3H,2H2,1H3,(H,10,11). The van der Waals surface area contributed by atoms with Gasteiger partial charge in [0.2, 0.25) is 9.58 Å². The first kappa shape index (κ1) is 11.3. The van der Waals surface area contributed by atoms with Gasteiger partial charge in [0.1, 0.15) is 0 Å². The second-order valence-corrected chi connectivity index (χ2v) is 4.98. The molecule has 0 saturated carbocycles. The van der Waals surface area contributed by atoms with Crippen molar-refractivity contribution in [2.45, 2.75) is 22.6 Å². The molecule has 13 heavy (non-hydrogen) atoms. The lowest BCUT2D eigenvalue weighted by Crippen LogP contribution is -2.42. The number of carboxylic acids is 1. The average molecular weight is 249 g/mol. The van der Waals surface area contributed by atoms with E-state index in [1.807, 2.05) is 0 Å². The monoisotopic (exact) mass is 248 g/mol. The van der Waals surface area contributed by atoms with Crippen LogP contribution in [0.15, 0.2) is 0 Å². The molecule has 2 atom stereocenters. The number of halogens is 3. The lowest BCUT2D eigenvalue weighted by Gasteiger charge is -2.29. The predicted molar refractivity (Wildman–Crippen MR) is 47.2 cm³/mol. The van der Waals surface area contributed by atoms with Gasteiger partial charge in [-0.1, -0.05) is 34.8 Å². The van der Waals surface area contributed by atoms with E-state index in [-0.39, 0.29) is 6.61 Å². The Morgan fingerprint density at radius 2 is 2.15 bits per heavy atom. The van der Waals surface area contributed by atoms with Crippen LogP contribution in [0.1, 0.15) is 6.92 Å². The Labute approximate surface area is 89.7 Å². The van der Waals surface area contributed by atoms with Crippen LogP contribution < -0.4 is 0 Å². The number of hydrogen-bond donors (Lipinski definition) is 1. The smallest absolute Gasteiger partial charge is 0.335 e. The van der Waals surface area contributed by atoms with Crippen molar-refractivity contribution < 1.29 is 19.4 Å². The first-order valence-electron chi connectivity index (χ1n) is 3.37. The molecular weight excluding hydrogens is 242 g/mol. The Morgan fingerprint density at radius 1 is 1.62 bits per heavy atom. The number of carbonyl (C=O) groups is 1. The molecule has 0 aromatic carbocycles. The van der Waals surface area contributed by atoms with Crippen molar-refractivity contribution in [3.63, 3.8) is 0 Å². The molecule has 1 N–H and O–H groups in total. The maximum atomic E-state index is 10.5. The lowest BCUT2D eigenvalue weighted by atomic mass is 10.4. The van der Waals surface area contributed by atoms with Gasteiger partial charge in [0, 0.05) is 0 Å². The zero-order valence-corrected chi connectivity index (χ0v) is 8.86. The molecule has 76 valence electrons. The quantitative estimate of drug-likeness (QED) is 0.717. The van der Waals surface area contributed by atoms with Crippen molar-refractivity contribution in [2.24, 2.45) is 0 Å². The van der Waals surface area contributed by atoms with Crippen LogP contribution in [0.2, 0.25) is 0 Å². The van der Waals surface area contributed by atoms with Crippen LogP contribution in [0.5, 0.6) is 0 Å². The molecule has 1 saturated heterocycles. The summed E-state index contributed by atoms with van der Waals surface area (Å²) in [6, 6.07) is 0. The highest BCUT2D eigenvalue weighted by Crippen LogP contribution is 2.44. The molecule has 0 aromatic rings. The number of ether oxygens (including phenoxy) is 2. The Morgan fingerprint density at radius 3 is 2.38 bits per heavy atom. The van der Waals surface area contributed by atoms with Crippen LogP contribution in [0, 0.1) is 0 Å². The van der Waals surface area contributed by atoms with E-state index < -0.39 is 21.7 Å². The summed E-state index contributed by atoms with van der Waals surface area (Å²) in [4.78, 5) is 10.5. The summed E-state index contributed by atoms with van der Waals surface area (Å²) in [5, 5.41) is 8.58. The summed E-state index contributed by atoms with van der Waals surface area (Å²) in [6.07, 6.45) is -1.08. The molecule has 1 aliphatic rings. The summed E-state index contributed by atoms with van der Waals surface area (Å²) in [5.74, 6) is -2.64. The van der Waals surface area contributed by atoms with E-state index in [2.05, 4.69) is 0 Å². The van der Waals surface area contributed by atoms with E-state index in [9.17, 15) is 4.79 Å². The van der Waals surface area contributed by atoms with E-state index in [0.29, 0.717) is 0 Å². The number of carboxylic acid groups (broad SMARTS) is 1. The van der Waals surface area contributed by atoms with Gasteiger partial charge in [0.25, 0.3) is 0 Å². The fourth-order valence-corrected chi connectivity index (χ4v) is 1.14. The minimum absolute atomic E-state index is 0.125. The van der Waals surface area contributed by atoms with Crippen molar-refractivity contribution in [3.05, 3.63) is 0 Å². The van der Waals surface area contributed by atoms with Crippen LogP contribution in [-0.4, -0.2) is 33.4 Å². The molecule has 0 aromatic heterocycles. The Hall–Kier alpha value is 0.260. The minimum Gasteiger partial charge on any atom is -0.479 e. The molecule has 4 nitrogen and oxygen atoms in total. The SMILES string of the molecule is CC1(C(Cl)(Cl)Cl)OCC(C(=O)O)O1. The van der Waals surface area contributed by atoms with Crippen LogP contribution in [-0.2, 0) is 14.3 Å². The number of hydrogen-bond acceptors (Lipinski definition) is 3. The van der Waals surface area contributed by atoms with Crippen LogP contribution in [0.3, 0.4) is 0 Å². The number of rotatable bonds is 1. The molecule has 1 heterocycles. The molecule has 1 rings (SSSR count). The van der Waals surface area contributed by atoms with Gasteiger partial charge in [0.05, 0.1) is 6.61 Å². The van der Waals surface area contributed by atoms with E-state index in [0.717, 1.165) is 0 Å². The second kappa shape index (κ2) is 3.44. The maximum absolute atomic E-state index is 10.5. The molecule has 0 aliphatic carbocycles. The third-order valence-corrected chi connectivity index (χ3v) is 2.70. The first-order chi connectivity index (χ1) is 5.76. The van der Waals surface area contributed by atoms with Crippen molar-refractivity contribution >= 4 is 40.8 Å². The molecule has 0 radical (unpaired) electrons. The Kier molecular flexibility index (Phi) is 3.00. The summed E-state index contributed by atoms with van der Waals surface area (Å²) in [7, 11) is 0. The van der Waals surface area contributed by atoms with Crippen LogP contribution in [0.4, 0.5) is 0 Å². The highest BCUT2D eigenvalue weighted by atomic mass is 35.6. The fraction of sp³-hybridized carbons (Fsp3) is 0.833. The van der Waals surface area contributed by atoms with Gasteiger partial charge in [-0.3, -0.25) is 0 Å². The van der Waals surface area contributed by atoms with E-state index in [1.54, 1.807) is 0 Å². The fourth-order valence-electron chi connectivity index (χ4n) is 0.845. The largest absolute Gasteiger partial charge is 0.479 e. The highest BCUT2D eigenvalue weighted by molar-refractivity contribution is 6.68. The minimum atomic E-state index is -1.81. The van der Waals surface area contributed by atoms with E-state index in [4.69, 9.17) is 49.4 Å². The van der Waals surface area contributed by atoms with E-state index >= 15 is 0 Å². The van der Waals surface area contributed by atoms with Crippen molar-refractivity contribution in [2.75, 3.05) is 6.61 Å². The third-order valence-electron chi connectivity index (χ3n) is 1.67. The maximum Gasteiger partial charge on any atom is 0.335 e. The second-order valence-electron chi connectivity index (χ2n) is 2.70. The number of alkyl halides is 3. The van der Waals surface area contributed by atoms with Gasteiger partial charge in [0.15, 0.2) is 6.10 Å². The Bertz CT molecular complexity index is 226. The number of aliphatic carboxylic acids is 1. The van der Waals surface area contributed by atoms with Gasteiger partial charge < -0.3 is 14.6 Å². The Balaban J connectivity index is 2.72. The molecule has 2 unspecified atom stereocenters. The lowest BCUT2D eigenvalue weighted by molar-refractivity contribution is -0.169. The van der Waals surface area contributed by atoms with Gasteiger partial charge in [-0.05, 0) is 6.92 Å². The van der Waals surface area contributed by atoms with Gasteiger partial charge >= 0.3 is 5.97 Å². The topological polar surface area (TPSA) is 55.8 Å². The predicted octanol–water partition coefficient (Wildman–Crippen LogP) is 1.57. The molecule has 1 aliphatic heterocycles. The highest BCUT2D eigenvalue weighted by Gasteiger charge is 2.54. The zero-order valence-electron chi connectivity index (χ0n) is 6.59. The van der Waals surface area contributed by atoms with Gasteiger partial charge in [-0.15, -0.1) is 0 Å². The van der Waals surface area contributed by atoms with E-state index in [1.165, 1.54) is 6.92 Å². The molecule has 7 heteroatoms. The van der Waals surface area contributed by atoms with Crippen LogP contribution in [0.25, 0.3) is 0 Å². The van der Waals surface area contributed by atoms with Crippen molar-refractivity contribution in [1.82, 2.24) is 0 Å². The van der Waals surface area contributed by atoms with Crippen LogP contribution >= 0.6 is 34.8 Å². The van der Waals surface area contributed by atoms with Crippen molar-refractivity contribution in [3.8, 4) is 0 Å². The molecule has 0 amide bonds. The summed E-state index contributed by atoms with van der Waals surface area (Å²) in [6.45, 7) is 1.25. The zero-order chi connectivity index (χ0) is 10.3. The molecule has 1 fully saturated rings. The summed E-state index contributed by atoms with van der Waals surface area (Å²) < 4.78 is 8.13.